The van der Waals surface area contributed by atoms with Crippen molar-refractivity contribution in [2.24, 2.45) is 5.92 Å². The van der Waals surface area contributed by atoms with Gasteiger partial charge in [0, 0.05) is 54.6 Å². The number of thiazole rings is 1. The number of fused-ring (bicyclic) bond motifs is 5. The van der Waals surface area contributed by atoms with Crippen LogP contribution in [0.3, 0.4) is 0 Å². The number of pyridine rings is 1. The summed E-state index contributed by atoms with van der Waals surface area (Å²) in [6.07, 6.45) is 7.34. The molecule has 0 N–H and O–H groups in total. The van der Waals surface area contributed by atoms with Crippen molar-refractivity contribution in [1.29, 1.82) is 0 Å². The molecule has 5 heterocycles. The van der Waals surface area contributed by atoms with Gasteiger partial charge in [0.15, 0.2) is 4.96 Å². The van der Waals surface area contributed by atoms with E-state index in [1.807, 2.05) is 37.7 Å². The summed E-state index contributed by atoms with van der Waals surface area (Å²) in [4.78, 5) is 33.1. The molecule has 3 aromatic rings. The fraction of sp³-hybridized carbons (Fsp3) is 0.476. The molecule has 3 aromatic heterocycles. The van der Waals surface area contributed by atoms with Gasteiger partial charge in [0.05, 0.1) is 12.1 Å². The Labute approximate surface area is 167 Å². The van der Waals surface area contributed by atoms with E-state index in [0.717, 1.165) is 42.2 Å². The Hall–Kier alpha value is -2.41. The van der Waals surface area contributed by atoms with Crippen molar-refractivity contribution >= 4 is 22.2 Å². The Morgan fingerprint density at radius 3 is 3.04 bits per heavy atom. The Morgan fingerprint density at radius 2 is 2.21 bits per heavy atom. The van der Waals surface area contributed by atoms with Crippen LogP contribution in [-0.2, 0) is 11.2 Å². The molecule has 0 spiro atoms. The molecule has 2 bridgehead atoms. The van der Waals surface area contributed by atoms with Crippen LogP contribution in [0.4, 0.5) is 0 Å². The van der Waals surface area contributed by atoms with Gasteiger partial charge in [-0.25, -0.2) is 4.98 Å². The van der Waals surface area contributed by atoms with Gasteiger partial charge in [0.2, 0.25) is 5.91 Å². The number of likely N-dealkylation sites (tertiary alicyclic amines) is 1. The van der Waals surface area contributed by atoms with E-state index in [2.05, 4.69) is 18.0 Å². The molecular weight excluding hydrogens is 372 g/mol. The van der Waals surface area contributed by atoms with Gasteiger partial charge in [-0.05, 0) is 24.8 Å². The summed E-state index contributed by atoms with van der Waals surface area (Å²) in [7, 11) is 0. The van der Waals surface area contributed by atoms with E-state index in [0.29, 0.717) is 18.9 Å². The van der Waals surface area contributed by atoms with Gasteiger partial charge >= 0.3 is 0 Å². The van der Waals surface area contributed by atoms with Crippen molar-refractivity contribution in [3.05, 3.63) is 57.7 Å². The Bertz CT molecular complexity index is 1050. The van der Waals surface area contributed by atoms with Crippen LogP contribution in [0.15, 0.2) is 40.8 Å². The number of hydrogen-bond acceptors (Lipinski definition) is 4. The van der Waals surface area contributed by atoms with E-state index >= 15 is 0 Å². The lowest BCUT2D eigenvalue weighted by molar-refractivity contribution is -0.133. The first-order valence-corrected chi connectivity index (χ1v) is 10.9. The third-order valence-electron chi connectivity index (χ3n) is 6.21. The number of carbonyl (C=O) groups is 1. The van der Waals surface area contributed by atoms with Crippen molar-refractivity contribution < 1.29 is 4.79 Å². The molecule has 0 aromatic carbocycles. The van der Waals surface area contributed by atoms with Crippen molar-refractivity contribution in [3.63, 3.8) is 0 Å². The second kappa shape index (κ2) is 6.88. The number of rotatable bonds is 4. The highest BCUT2D eigenvalue weighted by molar-refractivity contribution is 7.15. The van der Waals surface area contributed by atoms with E-state index in [1.165, 1.54) is 0 Å². The summed E-state index contributed by atoms with van der Waals surface area (Å²) in [6.45, 7) is 3.60. The van der Waals surface area contributed by atoms with E-state index in [-0.39, 0.29) is 23.4 Å². The number of aromatic nitrogens is 3. The Kier molecular flexibility index (Phi) is 4.34. The van der Waals surface area contributed by atoms with E-state index in [9.17, 15) is 9.59 Å². The third-order valence-corrected chi connectivity index (χ3v) is 6.98. The van der Waals surface area contributed by atoms with Crippen LogP contribution in [0.1, 0.15) is 49.5 Å². The fourth-order valence-electron chi connectivity index (χ4n) is 5.04. The molecule has 7 heteroatoms. The minimum atomic E-state index is 0.100. The minimum Gasteiger partial charge on any atom is -0.341 e. The van der Waals surface area contributed by atoms with Crippen LogP contribution in [0.2, 0.25) is 0 Å². The van der Waals surface area contributed by atoms with Gasteiger partial charge in [-0.2, -0.15) is 0 Å². The summed E-state index contributed by atoms with van der Waals surface area (Å²) in [5.41, 5.74) is 2.03. The maximum Gasteiger partial charge on any atom is 0.250 e. The quantitative estimate of drug-likeness (QED) is 0.681. The SMILES string of the molecule is CCC[C@H]1[C@H]2C[C@H](CN(C(=O)Cc3cn4ccsc4n3)C2)c2cccc(=O)n21. The number of piperidine rings is 1. The number of nitrogens with zero attached hydrogens (tertiary/aromatic N) is 4. The summed E-state index contributed by atoms with van der Waals surface area (Å²) >= 11 is 1.58. The first kappa shape index (κ1) is 17.7. The molecule has 0 saturated carbocycles. The average molecular weight is 397 g/mol. The average Bonchev–Trinajstić information content (AvgIpc) is 3.27. The van der Waals surface area contributed by atoms with Crippen LogP contribution in [0, 0.1) is 5.92 Å². The van der Waals surface area contributed by atoms with E-state index in [4.69, 9.17) is 0 Å². The highest BCUT2D eigenvalue weighted by atomic mass is 32.1. The molecule has 5 rings (SSSR count). The Morgan fingerprint density at radius 1 is 1.32 bits per heavy atom. The number of hydrogen-bond donors (Lipinski definition) is 0. The second-order valence-corrected chi connectivity index (χ2v) is 8.88. The highest BCUT2D eigenvalue weighted by Crippen LogP contribution is 2.42. The lowest BCUT2D eigenvalue weighted by Gasteiger charge is -2.47. The smallest absolute Gasteiger partial charge is 0.250 e. The lowest BCUT2D eigenvalue weighted by Crippen LogP contribution is -2.51. The fourth-order valence-corrected chi connectivity index (χ4v) is 5.76. The molecule has 0 aliphatic carbocycles. The summed E-state index contributed by atoms with van der Waals surface area (Å²) in [5.74, 6) is 0.735. The van der Waals surface area contributed by atoms with E-state index in [1.54, 1.807) is 17.4 Å². The molecule has 1 amide bonds. The maximum atomic E-state index is 13.1. The molecular formula is C21H24N4O2S. The van der Waals surface area contributed by atoms with Crippen LogP contribution in [0.25, 0.3) is 4.96 Å². The van der Waals surface area contributed by atoms with Crippen molar-refractivity contribution in [1.82, 2.24) is 18.9 Å². The number of imidazole rings is 1. The number of amides is 1. The monoisotopic (exact) mass is 396 g/mol. The van der Waals surface area contributed by atoms with E-state index < -0.39 is 0 Å². The molecule has 28 heavy (non-hydrogen) atoms. The van der Waals surface area contributed by atoms with Gasteiger partial charge in [0.1, 0.15) is 0 Å². The molecule has 0 radical (unpaired) electrons. The largest absolute Gasteiger partial charge is 0.341 e. The van der Waals surface area contributed by atoms with Crippen LogP contribution < -0.4 is 5.56 Å². The van der Waals surface area contributed by atoms with Crippen molar-refractivity contribution in [2.75, 3.05) is 13.1 Å². The minimum absolute atomic E-state index is 0.100. The van der Waals surface area contributed by atoms with Crippen LogP contribution >= 0.6 is 11.3 Å². The standard InChI is InChI=1S/C21H24N4O2S/c1-2-4-17-14-9-15(18-5-3-6-19(26)25(17)18)12-24(11-14)20(27)10-16-13-23-7-8-28-21(23)22-16/h3,5-8,13-15,17H,2,4,9-12H2,1H3/t14-,15+,17-/m0/s1. The summed E-state index contributed by atoms with van der Waals surface area (Å²) in [6, 6.07) is 5.79. The van der Waals surface area contributed by atoms with Gasteiger partial charge < -0.3 is 9.47 Å². The molecule has 2 aliphatic heterocycles. The second-order valence-electron chi connectivity index (χ2n) is 8.01. The lowest BCUT2D eigenvalue weighted by atomic mass is 9.77. The van der Waals surface area contributed by atoms with Crippen molar-refractivity contribution in [2.45, 2.75) is 44.6 Å². The topological polar surface area (TPSA) is 59.6 Å². The molecule has 1 fully saturated rings. The van der Waals surface area contributed by atoms with Crippen LogP contribution in [-0.4, -0.2) is 37.8 Å². The van der Waals surface area contributed by atoms with Crippen molar-refractivity contribution in [3.8, 4) is 0 Å². The molecule has 3 atom stereocenters. The third kappa shape index (κ3) is 2.89. The van der Waals surface area contributed by atoms with Gasteiger partial charge in [-0.1, -0.05) is 19.4 Å². The normalized spacial score (nSPS) is 23.8. The van der Waals surface area contributed by atoms with Crippen LogP contribution in [0.5, 0.6) is 0 Å². The molecule has 2 aliphatic rings. The summed E-state index contributed by atoms with van der Waals surface area (Å²) in [5, 5.41) is 1.99. The van der Waals surface area contributed by atoms with Gasteiger partial charge in [-0.3, -0.25) is 14.0 Å². The maximum absolute atomic E-state index is 13.1. The first-order valence-electron chi connectivity index (χ1n) is 10.0. The molecule has 146 valence electrons. The van der Waals surface area contributed by atoms with Gasteiger partial charge in [0.25, 0.3) is 5.56 Å². The molecule has 1 saturated heterocycles. The zero-order valence-corrected chi connectivity index (χ0v) is 16.8. The predicted molar refractivity (Wildman–Crippen MR) is 109 cm³/mol. The zero-order valence-electron chi connectivity index (χ0n) is 16.0. The number of carbonyl (C=O) groups excluding carboxylic acids is 1. The van der Waals surface area contributed by atoms with Gasteiger partial charge in [-0.15, -0.1) is 11.3 Å². The first-order chi connectivity index (χ1) is 13.6. The Balaban J connectivity index is 1.41. The predicted octanol–water partition coefficient (Wildman–Crippen LogP) is 3.09. The molecule has 0 unspecified atom stereocenters. The zero-order chi connectivity index (χ0) is 19.3. The molecule has 6 nitrogen and oxygen atoms in total. The highest BCUT2D eigenvalue weighted by Gasteiger charge is 2.41. The summed E-state index contributed by atoms with van der Waals surface area (Å²) < 4.78 is 3.99.